The molecule has 2 amide bonds. The summed E-state index contributed by atoms with van der Waals surface area (Å²) in [7, 11) is 0. The molecule has 0 saturated carbocycles. The normalized spacial score (nSPS) is 12.7. The second kappa shape index (κ2) is 12.1. The van der Waals surface area contributed by atoms with E-state index in [0.29, 0.717) is 12.8 Å². The number of nitrogens with one attached hydrogen (secondary N) is 1. The highest BCUT2D eigenvalue weighted by Crippen LogP contribution is 2.27. The maximum Gasteiger partial charge on any atom is 0.303 e. The first-order valence-electron chi connectivity index (χ1n) is 10.7. The van der Waals surface area contributed by atoms with E-state index in [-0.39, 0.29) is 37.4 Å². The number of Topliss-reactive ketones (excluding diaryl/α,β-unsaturated/α-hetero) is 1. The number of nitrogens with two attached hydrogens (primary N) is 1. The fourth-order valence-electron chi connectivity index (χ4n) is 3.38. The van der Waals surface area contributed by atoms with Gasteiger partial charge in [-0.05, 0) is 54.3 Å². The van der Waals surface area contributed by atoms with Crippen molar-refractivity contribution in [2.24, 2.45) is 11.7 Å². The van der Waals surface area contributed by atoms with E-state index in [9.17, 15) is 19.2 Å². The molecule has 2 atom stereocenters. The quantitative estimate of drug-likeness (QED) is 0.424. The Morgan fingerprint density at radius 2 is 1.81 bits per heavy atom. The summed E-state index contributed by atoms with van der Waals surface area (Å²) in [6, 6.07) is 9.49. The molecule has 7 nitrogen and oxygen atoms in total. The van der Waals surface area contributed by atoms with Crippen molar-refractivity contribution in [3.63, 3.8) is 0 Å². The molecule has 0 unspecified atom stereocenters. The maximum atomic E-state index is 12.5. The van der Waals surface area contributed by atoms with E-state index in [1.54, 1.807) is 18.3 Å². The Balaban J connectivity index is 1.86. The second-order valence-electron chi connectivity index (χ2n) is 7.92. The zero-order valence-corrected chi connectivity index (χ0v) is 19.2. The molecule has 4 N–H and O–H groups in total. The molecule has 172 valence electrons. The molecule has 2 rings (SSSR count). The predicted octanol–water partition coefficient (Wildman–Crippen LogP) is 3.48. The number of rotatable bonds is 13. The number of benzene rings is 1. The van der Waals surface area contributed by atoms with Gasteiger partial charge in [0, 0.05) is 30.1 Å². The Morgan fingerprint density at radius 3 is 2.34 bits per heavy atom. The van der Waals surface area contributed by atoms with Crippen molar-refractivity contribution in [3.05, 3.63) is 46.8 Å². The van der Waals surface area contributed by atoms with Crippen LogP contribution in [0, 0.1) is 12.8 Å². The Bertz CT molecular complexity index is 952. The molecule has 0 aliphatic rings. The van der Waals surface area contributed by atoms with Gasteiger partial charge in [0.25, 0.3) is 0 Å². The largest absolute Gasteiger partial charge is 0.481 e. The number of carboxylic acids is 1. The van der Waals surface area contributed by atoms with Gasteiger partial charge >= 0.3 is 5.97 Å². The van der Waals surface area contributed by atoms with Gasteiger partial charge in [0.15, 0.2) is 5.78 Å². The van der Waals surface area contributed by atoms with Crippen LogP contribution in [0.1, 0.15) is 50.2 Å². The first kappa shape index (κ1) is 25.3. The number of hydrogen-bond donors (Lipinski definition) is 3. The van der Waals surface area contributed by atoms with E-state index >= 15 is 0 Å². The van der Waals surface area contributed by atoms with Crippen LogP contribution in [0.5, 0.6) is 0 Å². The van der Waals surface area contributed by atoms with Crippen molar-refractivity contribution in [2.75, 3.05) is 0 Å². The molecule has 0 radical (unpaired) electrons. The van der Waals surface area contributed by atoms with Crippen LogP contribution in [0.3, 0.4) is 0 Å². The van der Waals surface area contributed by atoms with Gasteiger partial charge in [-0.1, -0.05) is 31.2 Å². The number of thiophene rings is 1. The maximum absolute atomic E-state index is 12.5. The average Bonchev–Trinajstić information content (AvgIpc) is 3.19. The Morgan fingerprint density at radius 1 is 1.12 bits per heavy atom. The molecular weight excluding hydrogens is 428 g/mol. The van der Waals surface area contributed by atoms with Crippen LogP contribution in [0.4, 0.5) is 0 Å². The van der Waals surface area contributed by atoms with Gasteiger partial charge in [-0.3, -0.25) is 19.2 Å². The van der Waals surface area contributed by atoms with Gasteiger partial charge in [-0.15, -0.1) is 11.3 Å². The molecule has 8 heteroatoms. The smallest absolute Gasteiger partial charge is 0.303 e. The van der Waals surface area contributed by atoms with E-state index in [4.69, 9.17) is 10.8 Å². The highest BCUT2D eigenvalue weighted by molar-refractivity contribution is 7.13. The van der Waals surface area contributed by atoms with Crippen molar-refractivity contribution < 1.29 is 24.3 Å². The summed E-state index contributed by atoms with van der Waals surface area (Å²) in [4.78, 5) is 48.4. The van der Waals surface area contributed by atoms with Crippen LogP contribution >= 0.6 is 11.3 Å². The second-order valence-corrected chi connectivity index (χ2v) is 8.83. The summed E-state index contributed by atoms with van der Waals surface area (Å²) in [6.45, 7) is 3.83. The number of primary amides is 1. The first-order chi connectivity index (χ1) is 15.2. The topological polar surface area (TPSA) is 127 Å². The van der Waals surface area contributed by atoms with Crippen molar-refractivity contribution >= 4 is 34.9 Å². The lowest BCUT2D eigenvalue weighted by molar-refractivity contribution is -0.138. The molecule has 1 aromatic heterocycles. The summed E-state index contributed by atoms with van der Waals surface area (Å²) in [6.07, 6.45) is 0.744. The van der Waals surface area contributed by atoms with E-state index in [1.165, 1.54) is 10.4 Å². The number of amides is 2. The molecule has 0 saturated heterocycles. The molecule has 2 aromatic rings. The van der Waals surface area contributed by atoms with Gasteiger partial charge in [0.1, 0.15) is 0 Å². The van der Waals surface area contributed by atoms with E-state index < -0.39 is 23.8 Å². The molecule has 32 heavy (non-hydrogen) atoms. The van der Waals surface area contributed by atoms with Crippen molar-refractivity contribution in [1.29, 1.82) is 0 Å². The summed E-state index contributed by atoms with van der Waals surface area (Å²) >= 11 is 1.69. The number of carbonyl (C=O) groups excluding carboxylic acids is 3. The third-order valence-electron chi connectivity index (χ3n) is 5.30. The third-order valence-corrected chi connectivity index (χ3v) is 6.40. The van der Waals surface area contributed by atoms with Crippen molar-refractivity contribution in [2.45, 2.75) is 58.4 Å². The zero-order valence-electron chi connectivity index (χ0n) is 18.4. The SMILES string of the molecule is CC[C@H](NC(=O)CCc1ccc(-c2cc(C)cs2)cc1)C(=O)C[C@@H](CCC(=O)O)C(N)=O. The van der Waals surface area contributed by atoms with Crippen LogP contribution in [-0.4, -0.2) is 34.7 Å². The lowest BCUT2D eigenvalue weighted by atomic mass is 9.92. The molecule has 1 aromatic carbocycles. The van der Waals surface area contributed by atoms with Gasteiger partial charge in [-0.2, -0.15) is 0 Å². The molecule has 0 fully saturated rings. The number of carboxylic acid groups (broad SMARTS) is 1. The summed E-state index contributed by atoms with van der Waals surface area (Å²) < 4.78 is 0. The lowest BCUT2D eigenvalue weighted by Gasteiger charge is -2.19. The number of aliphatic carboxylic acids is 1. The minimum Gasteiger partial charge on any atom is -0.481 e. The number of carbonyl (C=O) groups is 4. The zero-order chi connectivity index (χ0) is 23.7. The van der Waals surface area contributed by atoms with Gasteiger partial charge in [0.2, 0.25) is 11.8 Å². The molecule has 0 aliphatic heterocycles. The predicted molar refractivity (Wildman–Crippen MR) is 124 cm³/mol. The van der Waals surface area contributed by atoms with Crippen molar-refractivity contribution in [1.82, 2.24) is 5.32 Å². The first-order valence-corrected chi connectivity index (χ1v) is 11.5. The summed E-state index contributed by atoms with van der Waals surface area (Å²) in [5, 5.41) is 13.6. The average molecular weight is 459 g/mol. The van der Waals surface area contributed by atoms with E-state index in [0.717, 1.165) is 11.1 Å². The standard InChI is InChI=1S/C24H30N2O5S/c1-3-19(20(27)13-18(24(25)31)9-11-23(29)30)26-22(28)10-6-16-4-7-17(8-5-16)21-12-15(2)14-32-21/h4-5,7-8,12,14,18-19H,3,6,9-11,13H2,1-2H3,(H2,25,31)(H,26,28)(H,29,30)/t18-,19+/m1/s1. The van der Waals surface area contributed by atoms with Crippen LogP contribution in [0.2, 0.25) is 0 Å². The molecule has 0 spiro atoms. The minimum atomic E-state index is -1.05. The van der Waals surface area contributed by atoms with Gasteiger partial charge < -0.3 is 16.2 Å². The minimum absolute atomic E-state index is 0.00181. The van der Waals surface area contributed by atoms with Crippen molar-refractivity contribution in [3.8, 4) is 10.4 Å². The highest BCUT2D eigenvalue weighted by atomic mass is 32.1. The number of aryl methyl sites for hydroxylation is 2. The van der Waals surface area contributed by atoms with Crippen LogP contribution in [0.15, 0.2) is 35.7 Å². The Kier molecular flexibility index (Phi) is 9.59. The van der Waals surface area contributed by atoms with E-state index in [1.807, 2.05) is 24.3 Å². The fraction of sp³-hybridized carbons (Fsp3) is 0.417. The number of hydrogen-bond acceptors (Lipinski definition) is 5. The van der Waals surface area contributed by atoms with Crippen LogP contribution < -0.4 is 11.1 Å². The summed E-state index contributed by atoms with van der Waals surface area (Å²) in [5.74, 6) is -3.17. The van der Waals surface area contributed by atoms with Crippen LogP contribution in [-0.2, 0) is 25.6 Å². The highest BCUT2D eigenvalue weighted by Gasteiger charge is 2.25. The van der Waals surface area contributed by atoms with Crippen LogP contribution in [0.25, 0.3) is 10.4 Å². The van der Waals surface area contributed by atoms with Gasteiger partial charge in [0.05, 0.1) is 6.04 Å². The molecule has 0 aliphatic carbocycles. The third kappa shape index (κ3) is 7.92. The molecule has 1 heterocycles. The van der Waals surface area contributed by atoms with E-state index in [2.05, 4.69) is 23.7 Å². The summed E-state index contributed by atoms with van der Waals surface area (Å²) in [5.41, 5.74) is 8.70. The lowest BCUT2D eigenvalue weighted by Crippen LogP contribution is -2.42. The Hall–Kier alpha value is -3.00. The van der Waals surface area contributed by atoms with Gasteiger partial charge in [-0.25, -0.2) is 0 Å². The monoisotopic (exact) mass is 458 g/mol. The molecular formula is C24H30N2O5S. The Labute approximate surface area is 192 Å². The molecule has 0 bridgehead atoms. The number of ketones is 1. The fourth-order valence-corrected chi connectivity index (χ4v) is 4.29.